The zero-order valence-corrected chi connectivity index (χ0v) is 17.6. The molecule has 1 saturated heterocycles. The molecule has 156 valence electrons. The number of anilines is 1. The van der Waals surface area contributed by atoms with Gasteiger partial charge in [0, 0.05) is 23.6 Å². The van der Waals surface area contributed by atoms with Crippen molar-refractivity contribution in [2.24, 2.45) is 0 Å². The van der Waals surface area contributed by atoms with Gasteiger partial charge < -0.3 is 5.11 Å². The maximum absolute atomic E-state index is 13.1. The normalized spacial score (nSPS) is 17.9. The monoisotopic (exact) mass is 412 g/mol. The van der Waals surface area contributed by atoms with Crippen LogP contribution in [0.2, 0.25) is 0 Å². The minimum absolute atomic E-state index is 0.0833. The largest absolute Gasteiger partial charge is 0.507 e. The van der Waals surface area contributed by atoms with E-state index in [1.54, 1.807) is 36.7 Å². The molecule has 1 aromatic heterocycles. The quantitative estimate of drug-likeness (QED) is 0.370. The lowest BCUT2D eigenvalue weighted by Gasteiger charge is -2.25. The third kappa shape index (κ3) is 3.75. The van der Waals surface area contributed by atoms with Crippen LogP contribution >= 0.6 is 0 Å². The van der Waals surface area contributed by atoms with E-state index in [4.69, 9.17) is 0 Å². The lowest BCUT2D eigenvalue weighted by Crippen LogP contribution is -2.29. The number of Topliss-reactive ketones (excluding diaryl/α,β-unsaturated/α-hetero) is 1. The second-order valence-corrected chi connectivity index (χ2v) is 7.52. The maximum atomic E-state index is 13.1. The topological polar surface area (TPSA) is 70.5 Å². The molecule has 5 nitrogen and oxygen atoms in total. The van der Waals surface area contributed by atoms with Crippen molar-refractivity contribution in [3.63, 3.8) is 0 Å². The minimum Gasteiger partial charge on any atom is -0.507 e. The molecule has 2 aromatic carbocycles. The lowest BCUT2D eigenvalue weighted by atomic mass is 9.95. The highest BCUT2D eigenvalue weighted by Gasteiger charge is 2.46. The van der Waals surface area contributed by atoms with Gasteiger partial charge in [-0.3, -0.25) is 19.5 Å². The summed E-state index contributed by atoms with van der Waals surface area (Å²) in [7, 11) is 0. The molecule has 3 aromatic rings. The van der Waals surface area contributed by atoms with Gasteiger partial charge in [-0.1, -0.05) is 50.2 Å². The molecule has 31 heavy (non-hydrogen) atoms. The molecule has 4 rings (SSSR count). The Morgan fingerprint density at radius 1 is 0.871 bits per heavy atom. The molecule has 2 heterocycles. The first-order valence-corrected chi connectivity index (χ1v) is 10.4. The molecular weight excluding hydrogens is 388 g/mol. The molecule has 0 saturated carbocycles. The summed E-state index contributed by atoms with van der Waals surface area (Å²) >= 11 is 0. The first kappa shape index (κ1) is 20.5. The molecule has 1 atom stereocenters. The van der Waals surface area contributed by atoms with Crippen LogP contribution in [0.5, 0.6) is 0 Å². The summed E-state index contributed by atoms with van der Waals surface area (Å²) in [4.78, 5) is 31.7. The molecule has 1 N–H and O–H groups in total. The SMILES string of the molecule is CCc1ccc(/C(O)=C2/C(=O)C(=O)N(c3ccc(CC)cc3)C2c2ccncc2)cc1. The second-order valence-electron chi connectivity index (χ2n) is 7.52. The van der Waals surface area contributed by atoms with Crippen LogP contribution in [0.4, 0.5) is 5.69 Å². The molecule has 1 fully saturated rings. The zero-order chi connectivity index (χ0) is 22.0. The van der Waals surface area contributed by atoms with Crippen molar-refractivity contribution in [3.05, 3.63) is 101 Å². The van der Waals surface area contributed by atoms with Crippen LogP contribution in [-0.2, 0) is 22.4 Å². The number of pyridine rings is 1. The Bertz CT molecular complexity index is 1130. The molecule has 0 radical (unpaired) electrons. The Balaban J connectivity index is 1.88. The summed E-state index contributed by atoms with van der Waals surface area (Å²) in [5, 5.41) is 11.1. The van der Waals surface area contributed by atoms with Crippen molar-refractivity contribution in [1.82, 2.24) is 4.98 Å². The number of amides is 1. The van der Waals surface area contributed by atoms with Gasteiger partial charge in [0.05, 0.1) is 11.6 Å². The number of hydrogen-bond acceptors (Lipinski definition) is 4. The molecule has 5 heteroatoms. The molecule has 1 unspecified atom stereocenters. The van der Waals surface area contributed by atoms with E-state index >= 15 is 0 Å². The van der Waals surface area contributed by atoms with Gasteiger partial charge in [-0.2, -0.15) is 0 Å². The van der Waals surface area contributed by atoms with E-state index in [1.165, 1.54) is 4.90 Å². The summed E-state index contributed by atoms with van der Waals surface area (Å²) in [6.45, 7) is 4.11. The van der Waals surface area contributed by atoms with Gasteiger partial charge in [-0.05, 0) is 53.8 Å². The summed E-state index contributed by atoms with van der Waals surface area (Å²) in [5.74, 6) is -1.52. The van der Waals surface area contributed by atoms with Gasteiger partial charge in [0.25, 0.3) is 11.7 Å². The number of aromatic nitrogens is 1. The van der Waals surface area contributed by atoms with Gasteiger partial charge in [0.2, 0.25) is 0 Å². The predicted molar refractivity (Wildman–Crippen MR) is 121 cm³/mol. The number of nitrogens with zero attached hydrogens (tertiary/aromatic N) is 2. The smallest absolute Gasteiger partial charge is 0.300 e. The van der Waals surface area contributed by atoms with Crippen LogP contribution in [0.1, 0.15) is 42.1 Å². The van der Waals surface area contributed by atoms with E-state index < -0.39 is 17.7 Å². The molecular formula is C26H24N2O3. The predicted octanol–water partition coefficient (Wildman–Crippen LogP) is 4.83. The Hall–Kier alpha value is -3.73. The molecule has 0 aliphatic carbocycles. The van der Waals surface area contributed by atoms with Crippen molar-refractivity contribution < 1.29 is 14.7 Å². The number of aryl methyl sites for hydroxylation is 2. The highest BCUT2D eigenvalue weighted by atomic mass is 16.3. The molecule has 0 spiro atoms. The van der Waals surface area contributed by atoms with Crippen molar-refractivity contribution in [1.29, 1.82) is 0 Å². The van der Waals surface area contributed by atoms with Gasteiger partial charge in [0.15, 0.2) is 0 Å². The van der Waals surface area contributed by atoms with Crippen LogP contribution < -0.4 is 4.90 Å². The first-order chi connectivity index (χ1) is 15.0. The van der Waals surface area contributed by atoms with Crippen LogP contribution in [0.15, 0.2) is 78.6 Å². The number of carbonyl (C=O) groups is 2. The highest BCUT2D eigenvalue weighted by molar-refractivity contribution is 6.51. The van der Waals surface area contributed by atoms with Crippen LogP contribution in [0, 0.1) is 0 Å². The van der Waals surface area contributed by atoms with E-state index in [0.717, 1.165) is 24.0 Å². The van der Waals surface area contributed by atoms with Gasteiger partial charge in [-0.25, -0.2) is 0 Å². The molecule has 1 amide bonds. The number of hydrogen-bond donors (Lipinski definition) is 1. The van der Waals surface area contributed by atoms with Crippen LogP contribution in [0.25, 0.3) is 5.76 Å². The molecule has 1 aliphatic rings. The summed E-state index contributed by atoms with van der Waals surface area (Å²) < 4.78 is 0. The molecule has 1 aliphatic heterocycles. The van der Waals surface area contributed by atoms with Crippen molar-refractivity contribution >= 4 is 23.1 Å². The van der Waals surface area contributed by atoms with Crippen LogP contribution in [0.3, 0.4) is 0 Å². The first-order valence-electron chi connectivity index (χ1n) is 10.4. The van der Waals surface area contributed by atoms with Gasteiger partial charge in [0.1, 0.15) is 5.76 Å². The summed E-state index contributed by atoms with van der Waals surface area (Å²) in [6, 6.07) is 17.7. The van der Waals surface area contributed by atoms with Crippen LogP contribution in [-0.4, -0.2) is 21.8 Å². The fourth-order valence-corrected chi connectivity index (χ4v) is 3.91. The van der Waals surface area contributed by atoms with Gasteiger partial charge in [-0.15, -0.1) is 0 Å². The number of aliphatic hydroxyl groups excluding tert-OH is 1. The minimum atomic E-state index is -0.735. The molecule has 0 bridgehead atoms. The fraction of sp³-hybridized carbons (Fsp3) is 0.192. The third-order valence-corrected chi connectivity index (χ3v) is 5.72. The average molecular weight is 412 g/mol. The fourth-order valence-electron chi connectivity index (χ4n) is 3.91. The standard InChI is InChI=1S/C26H24N2O3/c1-3-17-5-9-20(10-6-17)24(29)22-23(19-13-15-27-16-14-19)28(26(31)25(22)30)21-11-7-18(4-2)8-12-21/h5-16,23,29H,3-4H2,1-2H3/b24-22-. The Morgan fingerprint density at radius 2 is 1.42 bits per heavy atom. The van der Waals surface area contributed by atoms with E-state index in [-0.39, 0.29) is 11.3 Å². The Labute approximate surface area is 181 Å². The van der Waals surface area contributed by atoms with E-state index in [9.17, 15) is 14.7 Å². The van der Waals surface area contributed by atoms with E-state index in [0.29, 0.717) is 16.8 Å². The van der Waals surface area contributed by atoms with Crippen molar-refractivity contribution in [2.75, 3.05) is 4.90 Å². The number of ketones is 1. The highest BCUT2D eigenvalue weighted by Crippen LogP contribution is 2.42. The number of aliphatic hydroxyl groups is 1. The van der Waals surface area contributed by atoms with Gasteiger partial charge >= 0.3 is 0 Å². The number of rotatable bonds is 5. The number of carbonyl (C=O) groups excluding carboxylic acids is 2. The Morgan fingerprint density at radius 3 is 1.97 bits per heavy atom. The number of benzene rings is 2. The van der Waals surface area contributed by atoms with E-state index in [1.807, 2.05) is 43.3 Å². The Kier molecular flexibility index (Phi) is 5.67. The summed E-state index contributed by atoms with van der Waals surface area (Å²) in [5.41, 5.74) is 4.17. The van der Waals surface area contributed by atoms with Crippen molar-refractivity contribution in [2.45, 2.75) is 32.7 Å². The maximum Gasteiger partial charge on any atom is 0.300 e. The lowest BCUT2D eigenvalue weighted by molar-refractivity contribution is -0.132. The average Bonchev–Trinajstić information content (AvgIpc) is 3.09. The third-order valence-electron chi connectivity index (χ3n) is 5.72. The summed E-state index contributed by atoms with van der Waals surface area (Å²) in [6.07, 6.45) is 4.98. The second kappa shape index (κ2) is 8.56. The van der Waals surface area contributed by atoms with Crippen molar-refractivity contribution in [3.8, 4) is 0 Å². The van der Waals surface area contributed by atoms with E-state index in [2.05, 4.69) is 11.9 Å². The zero-order valence-electron chi connectivity index (χ0n) is 17.6.